The number of hydrogen-bond donors (Lipinski definition) is 2. The van der Waals surface area contributed by atoms with Gasteiger partial charge in [0, 0.05) is 12.7 Å². The molecule has 86 valence electrons. The van der Waals surface area contributed by atoms with Gasteiger partial charge in [0.2, 0.25) is 0 Å². The number of amides is 1. The van der Waals surface area contributed by atoms with Gasteiger partial charge in [0.15, 0.2) is 12.4 Å². The third kappa shape index (κ3) is 3.23. The average molecular weight is 224 g/mol. The summed E-state index contributed by atoms with van der Waals surface area (Å²) in [5.74, 6) is -1.34. The number of carboxylic acid groups (broad SMARTS) is 1. The molecule has 1 rings (SSSR count). The number of aromatic carboxylic acids is 1. The van der Waals surface area contributed by atoms with Crippen molar-refractivity contribution in [3.8, 4) is 5.75 Å². The third-order valence-corrected chi connectivity index (χ3v) is 1.75. The van der Waals surface area contributed by atoms with Crippen LogP contribution in [-0.2, 0) is 4.79 Å². The van der Waals surface area contributed by atoms with E-state index < -0.39 is 5.97 Å². The number of carbonyl (C=O) groups excluding carboxylic acids is 1. The van der Waals surface area contributed by atoms with Crippen LogP contribution in [0.5, 0.6) is 5.75 Å². The molecule has 0 aliphatic carbocycles. The number of hydrogen-bond acceptors (Lipinski definition) is 4. The molecule has 0 spiro atoms. The van der Waals surface area contributed by atoms with Crippen LogP contribution in [0.4, 0.5) is 0 Å². The Balaban J connectivity index is 2.66. The molecule has 1 heterocycles. The van der Waals surface area contributed by atoms with E-state index in [1.165, 1.54) is 18.5 Å². The monoisotopic (exact) mass is 224 g/mol. The van der Waals surface area contributed by atoms with Crippen molar-refractivity contribution in [3.05, 3.63) is 24.0 Å². The van der Waals surface area contributed by atoms with Gasteiger partial charge in [0.1, 0.15) is 5.56 Å². The highest BCUT2D eigenvalue weighted by Gasteiger charge is 2.11. The molecule has 0 aliphatic heterocycles. The predicted molar refractivity (Wildman–Crippen MR) is 55.4 cm³/mol. The molecule has 6 heteroatoms. The minimum Gasteiger partial charge on any atom is -0.481 e. The van der Waals surface area contributed by atoms with Crippen molar-refractivity contribution in [2.45, 2.75) is 6.92 Å². The van der Waals surface area contributed by atoms with Crippen molar-refractivity contribution < 1.29 is 19.4 Å². The Labute approximate surface area is 92.3 Å². The molecule has 0 radical (unpaired) electrons. The van der Waals surface area contributed by atoms with Crippen LogP contribution in [0.15, 0.2) is 18.5 Å². The smallest absolute Gasteiger partial charge is 0.339 e. The fraction of sp³-hybridized carbons (Fsp3) is 0.300. The zero-order valence-corrected chi connectivity index (χ0v) is 8.77. The molecule has 0 saturated carbocycles. The molecule has 6 nitrogen and oxygen atoms in total. The Morgan fingerprint density at radius 1 is 1.56 bits per heavy atom. The van der Waals surface area contributed by atoms with E-state index in [0.29, 0.717) is 6.54 Å². The maximum absolute atomic E-state index is 11.1. The maximum atomic E-state index is 11.1. The number of ether oxygens (including phenoxy) is 1. The Morgan fingerprint density at radius 3 is 2.94 bits per heavy atom. The van der Waals surface area contributed by atoms with E-state index in [1.54, 1.807) is 6.92 Å². The molecule has 0 atom stereocenters. The quantitative estimate of drug-likeness (QED) is 0.750. The second kappa shape index (κ2) is 5.69. The van der Waals surface area contributed by atoms with Gasteiger partial charge >= 0.3 is 5.97 Å². The van der Waals surface area contributed by atoms with Gasteiger partial charge in [-0.2, -0.15) is 0 Å². The first kappa shape index (κ1) is 12.0. The lowest BCUT2D eigenvalue weighted by Gasteiger charge is -2.07. The van der Waals surface area contributed by atoms with Gasteiger partial charge in [0.05, 0.1) is 6.20 Å². The summed E-state index contributed by atoms with van der Waals surface area (Å²) in [5.41, 5.74) is -0.0145. The number of rotatable bonds is 5. The van der Waals surface area contributed by atoms with E-state index in [2.05, 4.69) is 10.3 Å². The second-order valence-electron chi connectivity index (χ2n) is 2.92. The van der Waals surface area contributed by atoms with E-state index in [9.17, 15) is 9.59 Å². The van der Waals surface area contributed by atoms with Gasteiger partial charge in [-0.05, 0) is 13.0 Å². The SMILES string of the molecule is CCNC(=O)COc1cnccc1C(=O)O. The van der Waals surface area contributed by atoms with Crippen molar-refractivity contribution in [1.82, 2.24) is 10.3 Å². The summed E-state index contributed by atoms with van der Waals surface area (Å²) in [7, 11) is 0. The minimum absolute atomic E-state index is 0.0145. The molecule has 1 aromatic heterocycles. The molecular formula is C10H12N2O4. The van der Waals surface area contributed by atoms with Crippen LogP contribution in [0.25, 0.3) is 0 Å². The topological polar surface area (TPSA) is 88.5 Å². The summed E-state index contributed by atoms with van der Waals surface area (Å²) in [6.45, 7) is 2.06. The van der Waals surface area contributed by atoms with Crippen LogP contribution in [0, 0.1) is 0 Å². The van der Waals surface area contributed by atoms with Crippen molar-refractivity contribution in [3.63, 3.8) is 0 Å². The number of carboxylic acids is 1. The lowest BCUT2D eigenvalue weighted by molar-refractivity contribution is -0.123. The van der Waals surface area contributed by atoms with Crippen molar-refractivity contribution in [1.29, 1.82) is 0 Å². The number of carbonyl (C=O) groups is 2. The highest BCUT2D eigenvalue weighted by molar-refractivity contribution is 5.90. The van der Waals surface area contributed by atoms with Crippen LogP contribution in [0.3, 0.4) is 0 Å². The van der Waals surface area contributed by atoms with Gasteiger partial charge in [0.25, 0.3) is 5.91 Å². The van der Waals surface area contributed by atoms with E-state index >= 15 is 0 Å². The Morgan fingerprint density at radius 2 is 2.31 bits per heavy atom. The van der Waals surface area contributed by atoms with Crippen LogP contribution >= 0.6 is 0 Å². The molecule has 0 bridgehead atoms. The predicted octanol–water partition coefficient (Wildman–Crippen LogP) is 0.295. The first-order valence-electron chi connectivity index (χ1n) is 4.72. The van der Waals surface area contributed by atoms with Crippen molar-refractivity contribution in [2.24, 2.45) is 0 Å². The lowest BCUT2D eigenvalue weighted by atomic mass is 10.2. The van der Waals surface area contributed by atoms with Gasteiger partial charge in [-0.1, -0.05) is 0 Å². The minimum atomic E-state index is -1.12. The first-order chi connectivity index (χ1) is 7.65. The van der Waals surface area contributed by atoms with Crippen LogP contribution in [0.2, 0.25) is 0 Å². The summed E-state index contributed by atoms with van der Waals surface area (Å²) in [6.07, 6.45) is 2.62. The normalized spacial score (nSPS) is 9.56. The lowest BCUT2D eigenvalue weighted by Crippen LogP contribution is -2.28. The molecule has 16 heavy (non-hydrogen) atoms. The van der Waals surface area contributed by atoms with Crippen molar-refractivity contribution in [2.75, 3.05) is 13.2 Å². The maximum Gasteiger partial charge on any atom is 0.339 e. The van der Waals surface area contributed by atoms with Crippen LogP contribution in [0.1, 0.15) is 17.3 Å². The van der Waals surface area contributed by atoms with Gasteiger partial charge in [-0.15, -0.1) is 0 Å². The Hall–Kier alpha value is -2.11. The standard InChI is InChI=1S/C10H12N2O4/c1-2-12-9(13)6-16-8-5-11-4-3-7(8)10(14)15/h3-5H,2,6H2,1H3,(H,12,13)(H,14,15). The second-order valence-corrected chi connectivity index (χ2v) is 2.92. The number of likely N-dealkylation sites (N-methyl/N-ethyl adjacent to an activating group) is 1. The highest BCUT2D eigenvalue weighted by Crippen LogP contribution is 2.15. The molecule has 2 N–H and O–H groups in total. The molecule has 0 aliphatic rings. The van der Waals surface area contributed by atoms with Crippen LogP contribution in [-0.4, -0.2) is 35.1 Å². The number of nitrogens with zero attached hydrogens (tertiary/aromatic N) is 1. The fourth-order valence-corrected chi connectivity index (χ4v) is 1.06. The molecule has 0 unspecified atom stereocenters. The van der Waals surface area contributed by atoms with E-state index in [4.69, 9.17) is 9.84 Å². The van der Waals surface area contributed by atoms with E-state index in [-0.39, 0.29) is 23.8 Å². The van der Waals surface area contributed by atoms with E-state index in [1.807, 2.05) is 0 Å². The summed E-state index contributed by atoms with van der Waals surface area (Å²) >= 11 is 0. The molecule has 1 aromatic rings. The first-order valence-corrected chi connectivity index (χ1v) is 4.72. The summed E-state index contributed by atoms with van der Waals surface area (Å²) in [6, 6.07) is 1.31. The number of aromatic nitrogens is 1. The molecule has 0 fully saturated rings. The summed E-state index contributed by atoms with van der Waals surface area (Å²) in [4.78, 5) is 25.6. The van der Waals surface area contributed by atoms with Gasteiger partial charge in [-0.3, -0.25) is 9.78 Å². The Kier molecular flexibility index (Phi) is 4.26. The van der Waals surface area contributed by atoms with Crippen LogP contribution < -0.4 is 10.1 Å². The number of nitrogens with one attached hydrogen (secondary N) is 1. The Bertz CT molecular complexity index is 392. The molecular weight excluding hydrogens is 212 g/mol. The molecule has 0 saturated heterocycles. The molecule has 1 amide bonds. The number of pyridine rings is 1. The largest absolute Gasteiger partial charge is 0.481 e. The van der Waals surface area contributed by atoms with Gasteiger partial charge in [-0.25, -0.2) is 4.79 Å². The summed E-state index contributed by atoms with van der Waals surface area (Å²) in [5, 5.41) is 11.4. The molecule has 0 aromatic carbocycles. The highest BCUT2D eigenvalue weighted by atomic mass is 16.5. The van der Waals surface area contributed by atoms with E-state index in [0.717, 1.165) is 0 Å². The van der Waals surface area contributed by atoms with Crippen molar-refractivity contribution >= 4 is 11.9 Å². The average Bonchev–Trinajstić information content (AvgIpc) is 2.27. The van der Waals surface area contributed by atoms with Gasteiger partial charge < -0.3 is 15.2 Å². The third-order valence-electron chi connectivity index (χ3n) is 1.75. The fourth-order valence-electron chi connectivity index (χ4n) is 1.06. The zero-order valence-electron chi connectivity index (χ0n) is 8.77. The summed E-state index contributed by atoms with van der Waals surface area (Å²) < 4.78 is 5.06. The zero-order chi connectivity index (χ0) is 12.0.